The second-order valence-electron chi connectivity index (χ2n) is 3.14. The van der Waals surface area contributed by atoms with Gasteiger partial charge in [-0.15, -0.1) is 0 Å². The van der Waals surface area contributed by atoms with Gasteiger partial charge in [-0.3, -0.25) is 10.2 Å². The van der Waals surface area contributed by atoms with Crippen molar-refractivity contribution in [2.24, 2.45) is 0 Å². The Morgan fingerprint density at radius 1 is 1.40 bits per heavy atom. The Bertz CT molecular complexity index is 301. The summed E-state index contributed by atoms with van der Waals surface area (Å²) in [5.41, 5.74) is 4.10. The van der Waals surface area contributed by atoms with Crippen LogP contribution in [0, 0.1) is 0 Å². The van der Waals surface area contributed by atoms with E-state index in [0.717, 1.165) is 5.56 Å². The topological polar surface area (TPSA) is 41.6 Å². The third-order valence-corrected chi connectivity index (χ3v) is 2.08. The number of ether oxygens (including phenoxy) is 1. The van der Waals surface area contributed by atoms with Crippen molar-refractivity contribution in [2.75, 3.05) is 20.7 Å². The van der Waals surface area contributed by atoms with Gasteiger partial charge in [-0.1, -0.05) is 30.3 Å². The molecule has 4 heteroatoms. The van der Waals surface area contributed by atoms with E-state index in [0.29, 0.717) is 6.54 Å². The first-order valence-corrected chi connectivity index (χ1v) is 4.79. The van der Waals surface area contributed by atoms with Crippen molar-refractivity contribution in [1.29, 1.82) is 0 Å². The molecule has 15 heavy (non-hydrogen) atoms. The molecule has 1 aromatic rings. The first kappa shape index (κ1) is 11.7. The van der Waals surface area contributed by atoms with Gasteiger partial charge in [0, 0.05) is 6.54 Å². The van der Waals surface area contributed by atoms with Gasteiger partial charge >= 0.3 is 5.97 Å². The van der Waals surface area contributed by atoms with E-state index in [1.807, 2.05) is 30.3 Å². The molecule has 1 rings (SSSR count). The van der Waals surface area contributed by atoms with E-state index >= 15 is 0 Å². The van der Waals surface area contributed by atoms with Crippen molar-refractivity contribution < 1.29 is 9.53 Å². The molecule has 0 atom stereocenters. The van der Waals surface area contributed by atoms with Gasteiger partial charge in [0.05, 0.1) is 7.11 Å². The lowest BCUT2D eigenvalue weighted by Gasteiger charge is -2.19. The van der Waals surface area contributed by atoms with Crippen molar-refractivity contribution in [3.05, 3.63) is 35.9 Å². The smallest absolute Gasteiger partial charge is 0.321 e. The fourth-order valence-electron chi connectivity index (χ4n) is 1.24. The van der Waals surface area contributed by atoms with Crippen molar-refractivity contribution in [2.45, 2.75) is 6.54 Å². The molecule has 0 spiro atoms. The zero-order valence-corrected chi connectivity index (χ0v) is 9.06. The second kappa shape index (κ2) is 6.16. The molecule has 0 unspecified atom stereocenters. The summed E-state index contributed by atoms with van der Waals surface area (Å²) in [6.45, 7) is 0.911. The van der Waals surface area contributed by atoms with Crippen LogP contribution in [-0.2, 0) is 16.1 Å². The molecule has 0 aliphatic heterocycles. The van der Waals surface area contributed by atoms with E-state index in [1.165, 1.54) is 7.11 Å². The Hall–Kier alpha value is -1.39. The molecule has 0 aliphatic rings. The highest BCUT2D eigenvalue weighted by molar-refractivity contribution is 5.71. The number of esters is 1. The van der Waals surface area contributed by atoms with Crippen LogP contribution in [0.3, 0.4) is 0 Å². The number of hydrogen-bond acceptors (Lipinski definition) is 4. The van der Waals surface area contributed by atoms with Crippen molar-refractivity contribution in [3.63, 3.8) is 0 Å². The predicted molar refractivity (Wildman–Crippen MR) is 57.9 cm³/mol. The minimum Gasteiger partial charge on any atom is -0.468 e. The number of carbonyl (C=O) groups is 1. The summed E-state index contributed by atoms with van der Waals surface area (Å²) >= 11 is 0. The number of benzene rings is 1. The van der Waals surface area contributed by atoms with E-state index in [4.69, 9.17) is 0 Å². The fraction of sp³-hybridized carbons (Fsp3) is 0.364. The molecule has 1 N–H and O–H groups in total. The number of nitrogens with one attached hydrogen (secondary N) is 1. The Labute approximate surface area is 89.8 Å². The molecule has 0 aromatic heterocycles. The quantitative estimate of drug-likeness (QED) is 0.574. The monoisotopic (exact) mass is 208 g/mol. The van der Waals surface area contributed by atoms with Gasteiger partial charge in [0.2, 0.25) is 0 Å². The highest BCUT2D eigenvalue weighted by atomic mass is 16.5. The summed E-state index contributed by atoms with van der Waals surface area (Å²) in [5.74, 6) is -0.250. The van der Waals surface area contributed by atoms with E-state index < -0.39 is 0 Å². The zero-order chi connectivity index (χ0) is 11.1. The van der Waals surface area contributed by atoms with Crippen LogP contribution in [0.5, 0.6) is 0 Å². The van der Waals surface area contributed by atoms with Crippen LogP contribution in [0.4, 0.5) is 0 Å². The molecule has 0 bridgehead atoms. The standard InChI is InChI=1S/C11H16N2O2/c1-12-13(9-11(14)15-2)8-10-6-4-3-5-7-10/h3-7,12H,8-9H2,1-2H3. The largest absolute Gasteiger partial charge is 0.468 e. The summed E-state index contributed by atoms with van der Waals surface area (Å²) < 4.78 is 4.60. The van der Waals surface area contributed by atoms with Gasteiger partial charge in [-0.2, -0.15) is 0 Å². The molecule has 82 valence electrons. The number of hydrazine groups is 1. The number of carbonyl (C=O) groups excluding carboxylic acids is 1. The van der Waals surface area contributed by atoms with E-state index in [9.17, 15) is 4.79 Å². The summed E-state index contributed by atoms with van der Waals surface area (Å²) in [7, 11) is 3.17. The summed E-state index contributed by atoms with van der Waals surface area (Å²) in [6, 6.07) is 9.94. The van der Waals surface area contributed by atoms with Crippen molar-refractivity contribution in [1.82, 2.24) is 10.4 Å². The molecule has 0 saturated heterocycles. The normalized spacial score (nSPS) is 10.3. The van der Waals surface area contributed by atoms with Crippen LogP contribution in [0.25, 0.3) is 0 Å². The number of methoxy groups -OCH3 is 1. The molecular weight excluding hydrogens is 192 g/mol. The van der Waals surface area contributed by atoms with Crippen LogP contribution < -0.4 is 5.43 Å². The van der Waals surface area contributed by atoms with Crippen molar-refractivity contribution >= 4 is 5.97 Å². The lowest BCUT2D eigenvalue weighted by Crippen LogP contribution is -2.38. The van der Waals surface area contributed by atoms with Gasteiger partial charge in [-0.05, 0) is 12.6 Å². The fourth-order valence-corrected chi connectivity index (χ4v) is 1.24. The third kappa shape index (κ3) is 4.10. The lowest BCUT2D eigenvalue weighted by atomic mass is 10.2. The van der Waals surface area contributed by atoms with E-state index in [-0.39, 0.29) is 12.5 Å². The first-order chi connectivity index (χ1) is 7.26. The molecule has 1 aromatic carbocycles. The van der Waals surface area contributed by atoms with Gasteiger partial charge in [0.25, 0.3) is 0 Å². The maximum absolute atomic E-state index is 11.1. The maximum atomic E-state index is 11.1. The second-order valence-corrected chi connectivity index (χ2v) is 3.14. The Kier molecular flexibility index (Phi) is 4.80. The third-order valence-electron chi connectivity index (χ3n) is 2.08. The van der Waals surface area contributed by atoms with Crippen LogP contribution in [0.15, 0.2) is 30.3 Å². The summed E-state index contributed by atoms with van der Waals surface area (Å²) in [5, 5.41) is 1.79. The first-order valence-electron chi connectivity index (χ1n) is 4.79. The molecule has 0 amide bonds. The number of rotatable bonds is 5. The highest BCUT2D eigenvalue weighted by Crippen LogP contribution is 2.01. The highest BCUT2D eigenvalue weighted by Gasteiger charge is 2.08. The number of hydrogen-bond donors (Lipinski definition) is 1. The Morgan fingerprint density at radius 3 is 2.60 bits per heavy atom. The molecule has 0 heterocycles. The lowest BCUT2D eigenvalue weighted by molar-refractivity contribution is -0.142. The molecule has 0 aliphatic carbocycles. The van der Waals surface area contributed by atoms with E-state index in [2.05, 4.69) is 10.2 Å². The van der Waals surface area contributed by atoms with Gasteiger partial charge in [0.1, 0.15) is 6.54 Å². The van der Waals surface area contributed by atoms with Crippen LogP contribution in [-0.4, -0.2) is 31.7 Å². The van der Waals surface area contributed by atoms with Gasteiger partial charge in [0.15, 0.2) is 0 Å². The van der Waals surface area contributed by atoms with Crippen LogP contribution in [0.2, 0.25) is 0 Å². The predicted octanol–water partition coefficient (Wildman–Crippen LogP) is 0.796. The van der Waals surface area contributed by atoms with Crippen molar-refractivity contribution in [3.8, 4) is 0 Å². The van der Waals surface area contributed by atoms with E-state index in [1.54, 1.807) is 12.1 Å². The van der Waals surface area contributed by atoms with Gasteiger partial charge < -0.3 is 4.74 Å². The molecule has 0 radical (unpaired) electrons. The summed E-state index contributed by atoms with van der Waals surface area (Å²) in [6.07, 6.45) is 0. The minimum atomic E-state index is -0.250. The van der Waals surface area contributed by atoms with Gasteiger partial charge in [-0.25, -0.2) is 5.01 Å². The van der Waals surface area contributed by atoms with Crippen LogP contribution in [0.1, 0.15) is 5.56 Å². The Morgan fingerprint density at radius 2 is 2.07 bits per heavy atom. The summed E-state index contributed by atoms with van der Waals surface area (Å²) in [4.78, 5) is 11.1. The molecule has 0 saturated carbocycles. The average molecular weight is 208 g/mol. The molecule has 0 fully saturated rings. The maximum Gasteiger partial charge on any atom is 0.321 e. The minimum absolute atomic E-state index is 0.238. The zero-order valence-electron chi connectivity index (χ0n) is 9.06. The Balaban J connectivity index is 2.50. The SMILES string of the molecule is CNN(CC(=O)OC)Cc1ccccc1. The molecule has 4 nitrogen and oxygen atoms in total. The number of nitrogens with zero attached hydrogens (tertiary/aromatic N) is 1. The molecular formula is C11H16N2O2. The average Bonchev–Trinajstić information content (AvgIpc) is 2.29. The van der Waals surface area contributed by atoms with Crippen LogP contribution >= 0.6 is 0 Å².